The molecule has 0 radical (unpaired) electrons. The van der Waals surface area contributed by atoms with Gasteiger partial charge in [0.2, 0.25) is 0 Å². The molecule has 0 atom stereocenters. The number of benzene rings is 1. The minimum Gasteiger partial charge on any atom is -0.478 e. The molecular weight excluding hydrogens is 262 g/mol. The summed E-state index contributed by atoms with van der Waals surface area (Å²) in [4.78, 5) is 19.9. The quantitative estimate of drug-likeness (QED) is 0.796. The number of aryl methyl sites for hydroxylation is 1. The molecule has 0 spiro atoms. The van der Waals surface area contributed by atoms with E-state index in [0.29, 0.717) is 17.6 Å². The summed E-state index contributed by atoms with van der Waals surface area (Å²) in [6.07, 6.45) is 1.66. The van der Waals surface area contributed by atoms with Crippen molar-refractivity contribution in [3.8, 4) is 0 Å². The van der Waals surface area contributed by atoms with Crippen molar-refractivity contribution in [1.82, 2.24) is 14.5 Å². The number of carboxylic acids is 1. The number of nitrogens with zero attached hydrogens (tertiary/aromatic N) is 3. The normalized spacial score (nSPS) is 11.0. The van der Waals surface area contributed by atoms with Crippen molar-refractivity contribution in [3.05, 3.63) is 46.2 Å². The predicted octanol–water partition coefficient (Wildman–Crippen LogP) is 2.55. The van der Waals surface area contributed by atoms with Crippen molar-refractivity contribution in [3.63, 3.8) is 0 Å². The van der Waals surface area contributed by atoms with Gasteiger partial charge in [0, 0.05) is 5.38 Å². The topological polar surface area (TPSA) is 68.0 Å². The second-order valence-electron chi connectivity index (χ2n) is 4.21. The lowest BCUT2D eigenvalue weighted by Gasteiger charge is -2.04. The SMILES string of the molecule is Cc1nc(Cn2cnc3cccc(C(=O)O)c32)cs1. The van der Waals surface area contributed by atoms with Crippen LogP contribution in [-0.4, -0.2) is 25.6 Å². The van der Waals surface area contributed by atoms with E-state index in [1.54, 1.807) is 29.8 Å². The van der Waals surface area contributed by atoms with E-state index >= 15 is 0 Å². The maximum Gasteiger partial charge on any atom is 0.337 e. The Labute approximate surface area is 113 Å². The molecule has 6 heteroatoms. The number of aromatic carboxylic acids is 1. The fraction of sp³-hybridized carbons (Fsp3) is 0.154. The van der Waals surface area contributed by atoms with Crippen molar-refractivity contribution in [2.24, 2.45) is 0 Å². The van der Waals surface area contributed by atoms with Gasteiger partial charge in [-0.1, -0.05) is 6.07 Å². The number of aromatic nitrogens is 3. The van der Waals surface area contributed by atoms with E-state index in [9.17, 15) is 9.90 Å². The fourth-order valence-corrected chi connectivity index (χ4v) is 2.68. The number of fused-ring (bicyclic) bond motifs is 1. The average molecular weight is 273 g/mol. The zero-order valence-corrected chi connectivity index (χ0v) is 11.0. The van der Waals surface area contributed by atoms with Crippen LogP contribution in [0.1, 0.15) is 21.1 Å². The van der Waals surface area contributed by atoms with Crippen molar-refractivity contribution in [2.45, 2.75) is 13.5 Å². The van der Waals surface area contributed by atoms with Crippen molar-refractivity contribution < 1.29 is 9.90 Å². The lowest BCUT2D eigenvalue weighted by Crippen LogP contribution is -2.04. The Balaban J connectivity index is 2.11. The standard InChI is InChI=1S/C13H11N3O2S/c1-8-15-9(6-19-8)5-16-7-14-11-4-2-3-10(12(11)16)13(17)18/h2-4,6-7H,5H2,1H3,(H,17,18). The molecule has 0 aliphatic rings. The smallest absolute Gasteiger partial charge is 0.337 e. The summed E-state index contributed by atoms with van der Waals surface area (Å²) in [5.74, 6) is -0.943. The van der Waals surface area contributed by atoms with Gasteiger partial charge in [0.15, 0.2) is 0 Å². The Kier molecular flexibility index (Phi) is 2.79. The Bertz CT molecular complexity index is 760. The first-order valence-corrected chi connectivity index (χ1v) is 6.61. The largest absolute Gasteiger partial charge is 0.478 e. The Morgan fingerprint density at radius 3 is 3.00 bits per heavy atom. The number of rotatable bonds is 3. The van der Waals surface area contributed by atoms with Crippen LogP contribution in [-0.2, 0) is 6.54 Å². The number of thiazole rings is 1. The van der Waals surface area contributed by atoms with Crippen LogP contribution in [0.15, 0.2) is 29.9 Å². The molecule has 0 aliphatic heterocycles. The van der Waals surface area contributed by atoms with E-state index in [4.69, 9.17) is 0 Å². The Morgan fingerprint density at radius 2 is 2.32 bits per heavy atom. The molecule has 5 nitrogen and oxygen atoms in total. The molecule has 19 heavy (non-hydrogen) atoms. The third-order valence-corrected chi connectivity index (χ3v) is 3.69. The van der Waals surface area contributed by atoms with E-state index in [0.717, 1.165) is 10.7 Å². The van der Waals surface area contributed by atoms with Crippen molar-refractivity contribution >= 4 is 28.3 Å². The average Bonchev–Trinajstić information content (AvgIpc) is 2.97. The molecule has 0 saturated heterocycles. The molecule has 3 aromatic rings. The molecule has 96 valence electrons. The maximum atomic E-state index is 11.3. The minimum absolute atomic E-state index is 0.266. The van der Waals surface area contributed by atoms with E-state index in [-0.39, 0.29) is 5.56 Å². The van der Waals surface area contributed by atoms with E-state index in [1.807, 2.05) is 22.9 Å². The van der Waals surface area contributed by atoms with E-state index < -0.39 is 5.97 Å². The molecule has 0 amide bonds. The minimum atomic E-state index is -0.943. The second kappa shape index (κ2) is 4.47. The maximum absolute atomic E-state index is 11.3. The van der Waals surface area contributed by atoms with Gasteiger partial charge in [-0.2, -0.15) is 0 Å². The molecule has 0 bridgehead atoms. The highest BCUT2D eigenvalue weighted by Crippen LogP contribution is 2.20. The zero-order chi connectivity index (χ0) is 13.4. The number of imidazole rings is 1. The molecule has 0 fully saturated rings. The third-order valence-electron chi connectivity index (χ3n) is 2.87. The van der Waals surface area contributed by atoms with E-state index in [2.05, 4.69) is 9.97 Å². The summed E-state index contributed by atoms with van der Waals surface area (Å²) in [5, 5.41) is 12.2. The molecule has 1 N–H and O–H groups in total. The first-order chi connectivity index (χ1) is 9.15. The van der Waals surface area contributed by atoms with Gasteiger partial charge < -0.3 is 9.67 Å². The molecule has 3 rings (SSSR count). The Morgan fingerprint density at radius 1 is 1.47 bits per heavy atom. The predicted molar refractivity (Wildman–Crippen MR) is 72.6 cm³/mol. The first kappa shape index (κ1) is 11.9. The van der Waals surface area contributed by atoms with Crippen LogP contribution in [0.25, 0.3) is 11.0 Å². The van der Waals surface area contributed by atoms with Crippen molar-refractivity contribution in [1.29, 1.82) is 0 Å². The molecule has 1 aromatic carbocycles. The third kappa shape index (κ3) is 2.10. The lowest BCUT2D eigenvalue weighted by molar-refractivity contribution is 0.0698. The number of hydrogen-bond acceptors (Lipinski definition) is 4. The first-order valence-electron chi connectivity index (χ1n) is 5.73. The summed E-state index contributed by atoms with van der Waals surface area (Å²) < 4.78 is 1.83. The monoisotopic (exact) mass is 273 g/mol. The summed E-state index contributed by atoms with van der Waals surface area (Å²) in [6, 6.07) is 5.11. The summed E-state index contributed by atoms with van der Waals surface area (Å²) in [6.45, 7) is 2.48. The molecule has 2 heterocycles. The number of hydrogen-bond donors (Lipinski definition) is 1. The molecule has 0 saturated carbocycles. The van der Waals surface area contributed by atoms with Gasteiger partial charge in [-0.15, -0.1) is 11.3 Å². The molecule has 0 unspecified atom stereocenters. The summed E-state index contributed by atoms with van der Waals surface area (Å²) >= 11 is 1.58. The molecule has 2 aromatic heterocycles. The highest BCUT2D eigenvalue weighted by Gasteiger charge is 2.13. The van der Waals surface area contributed by atoms with Crippen LogP contribution in [0.5, 0.6) is 0 Å². The van der Waals surface area contributed by atoms with Gasteiger partial charge in [0.05, 0.1) is 40.2 Å². The van der Waals surface area contributed by atoms with Gasteiger partial charge in [-0.25, -0.2) is 14.8 Å². The number of carboxylic acid groups (broad SMARTS) is 1. The van der Waals surface area contributed by atoms with Gasteiger partial charge in [0.1, 0.15) is 0 Å². The van der Waals surface area contributed by atoms with Crippen LogP contribution < -0.4 is 0 Å². The fourth-order valence-electron chi connectivity index (χ4n) is 2.07. The van der Waals surface area contributed by atoms with Gasteiger partial charge in [0.25, 0.3) is 0 Å². The van der Waals surface area contributed by atoms with Gasteiger partial charge in [-0.05, 0) is 19.1 Å². The summed E-state index contributed by atoms with van der Waals surface area (Å²) in [7, 11) is 0. The second-order valence-corrected chi connectivity index (χ2v) is 5.27. The molecular formula is C13H11N3O2S. The highest BCUT2D eigenvalue weighted by molar-refractivity contribution is 7.09. The zero-order valence-electron chi connectivity index (χ0n) is 10.2. The molecule has 0 aliphatic carbocycles. The number of para-hydroxylation sites is 1. The van der Waals surface area contributed by atoms with Gasteiger partial charge >= 0.3 is 5.97 Å². The number of carbonyl (C=O) groups is 1. The Hall–Kier alpha value is -2.21. The van der Waals surface area contributed by atoms with Crippen LogP contribution in [0.3, 0.4) is 0 Å². The van der Waals surface area contributed by atoms with E-state index in [1.165, 1.54) is 0 Å². The van der Waals surface area contributed by atoms with Gasteiger partial charge in [-0.3, -0.25) is 0 Å². The van der Waals surface area contributed by atoms with Crippen LogP contribution in [0, 0.1) is 6.92 Å². The highest BCUT2D eigenvalue weighted by atomic mass is 32.1. The van der Waals surface area contributed by atoms with Crippen LogP contribution in [0.4, 0.5) is 0 Å². The lowest BCUT2D eigenvalue weighted by atomic mass is 10.2. The summed E-state index contributed by atoms with van der Waals surface area (Å²) in [5.41, 5.74) is 2.51. The van der Waals surface area contributed by atoms with Crippen LogP contribution in [0.2, 0.25) is 0 Å². The van der Waals surface area contributed by atoms with Crippen molar-refractivity contribution in [2.75, 3.05) is 0 Å². The van der Waals surface area contributed by atoms with Crippen LogP contribution >= 0.6 is 11.3 Å².